The molecule has 120 valence electrons. The van der Waals surface area contributed by atoms with Crippen LogP contribution >= 0.6 is 22.6 Å². The van der Waals surface area contributed by atoms with Crippen LogP contribution < -0.4 is 9.47 Å². The third-order valence-electron chi connectivity index (χ3n) is 3.30. The van der Waals surface area contributed by atoms with E-state index in [0.717, 1.165) is 20.8 Å². The van der Waals surface area contributed by atoms with Crippen LogP contribution in [0.3, 0.4) is 0 Å². The van der Waals surface area contributed by atoms with Crippen molar-refractivity contribution in [2.24, 2.45) is 0 Å². The summed E-state index contributed by atoms with van der Waals surface area (Å²) in [6.07, 6.45) is 2.62. The Morgan fingerprint density at radius 1 is 1.30 bits per heavy atom. The summed E-state index contributed by atoms with van der Waals surface area (Å²) in [5.74, 6) is 0.248. The molecule has 0 aromatic heterocycles. The van der Waals surface area contributed by atoms with Gasteiger partial charge in [0.05, 0.1) is 10.7 Å². The molecule has 0 aliphatic heterocycles. The second-order valence-electron chi connectivity index (χ2n) is 4.92. The van der Waals surface area contributed by atoms with E-state index in [4.69, 9.17) is 14.6 Å². The number of rotatable bonds is 6. The normalized spacial score (nSPS) is 10.7. The van der Waals surface area contributed by atoms with Gasteiger partial charge in [0.1, 0.15) is 6.61 Å². The van der Waals surface area contributed by atoms with Gasteiger partial charge in [0.2, 0.25) is 0 Å². The van der Waals surface area contributed by atoms with Crippen LogP contribution in [-0.4, -0.2) is 18.2 Å². The second kappa shape index (κ2) is 8.01. The summed E-state index contributed by atoms with van der Waals surface area (Å²) in [5.41, 5.74) is 3.03. The Morgan fingerprint density at radius 2 is 2.04 bits per heavy atom. The van der Waals surface area contributed by atoms with Crippen LogP contribution in [0, 0.1) is 10.5 Å². The molecule has 2 rings (SSSR count). The van der Waals surface area contributed by atoms with E-state index in [1.165, 1.54) is 11.6 Å². The molecule has 0 bridgehead atoms. The minimum Gasteiger partial charge on any atom is -0.493 e. The summed E-state index contributed by atoms with van der Waals surface area (Å²) in [7, 11) is 1.57. The van der Waals surface area contributed by atoms with E-state index in [9.17, 15) is 4.79 Å². The Bertz CT molecular complexity index is 738. The molecule has 1 N–H and O–H groups in total. The highest BCUT2D eigenvalue weighted by Crippen LogP contribution is 2.35. The van der Waals surface area contributed by atoms with Crippen molar-refractivity contribution in [1.29, 1.82) is 0 Å². The highest BCUT2D eigenvalue weighted by molar-refractivity contribution is 14.1. The van der Waals surface area contributed by atoms with E-state index >= 15 is 0 Å². The van der Waals surface area contributed by atoms with Crippen molar-refractivity contribution in [3.05, 3.63) is 62.7 Å². The van der Waals surface area contributed by atoms with Crippen molar-refractivity contribution < 1.29 is 19.4 Å². The number of carboxylic acids is 1. The fourth-order valence-corrected chi connectivity index (χ4v) is 2.85. The number of hydrogen-bond donors (Lipinski definition) is 1. The lowest BCUT2D eigenvalue weighted by Gasteiger charge is -2.14. The summed E-state index contributed by atoms with van der Waals surface area (Å²) < 4.78 is 12.2. The standard InChI is InChI=1S/C18H17IO4/c1-12-5-3-4-6-14(12)11-23-18-15(19)9-13(7-8-17(20)21)10-16(18)22-2/h3-10H,11H2,1-2H3,(H,20,21). The molecule has 0 fully saturated rings. The van der Waals surface area contributed by atoms with E-state index in [0.29, 0.717) is 18.1 Å². The largest absolute Gasteiger partial charge is 0.493 e. The minimum absolute atomic E-state index is 0.448. The highest BCUT2D eigenvalue weighted by atomic mass is 127. The molecule has 0 spiro atoms. The first kappa shape index (κ1) is 17.3. The maximum absolute atomic E-state index is 10.6. The molecule has 2 aromatic carbocycles. The number of ether oxygens (including phenoxy) is 2. The van der Waals surface area contributed by atoms with Gasteiger partial charge in [0.25, 0.3) is 0 Å². The molecule has 0 aliphatic rings. The molecule has 0 unspecified atom stereocenters. The van der Waals surface area contributed by atoms with Crippen molar-refractivity contribution in [1.82, 2.24) is 0 Å². The van der Waals surface area contributed by atoms with Gasteiger partial charge in [-0.25, -0.2) is 4.79 Å². The van der Waals surface area contributed by atoms with E-state index < -0.39 is 5.97 Å². The Balaban J connectivity index is 2.24. The summed E-state index contributed by atoms with van der Waals surface area (Å²) in [6.45, 7) is 2.49. The maximum atomic E-state index is 10.6. The molecule has 0 atom stereocenters. The summed E-state index contributed by atoms with van der Waals surface area (Å²) >= 11 is 2.16. The predicted octanol–water partition coefficient (Wildman–Crippen LogP) is 4.29. The highest BCUT2D eigenvalue weighted by Gasteiger charge is 2.11. The summed E-state index contributed by atoms with van der Waals surface area (Å²) in [6, 6.07) is 11.7. The first-order chi connectivity index (χ1) is 11.0. The van der Waals surface area contributed by atoms with Crippen molar-refractivity contribution in [2.75, 3.05) is 7.11 Å². The van der Waals surface area contributed by atoms with Gasteiger partial charge in [-0.15, -0.1) is 0 Å². The smallest absolute Gasteiger partial charge is 0.328 e. The third-order valence-corrected chi connectivity index (χ3v) is 4.10. The molecule has 0 amide bonds. The molecular formula is C18H17IO4. The lowest BCUT2D eigenvalue weighted by Crippen LogP contribution is -2.01. The van der Waals surface area contributed by atoms with Gasteiger partial charge in [-0.1, -0.05) is 24.3 Å². The Labute approximate surface area is 148 Å². The van der Waals surface area contributed by atoms with Crippen LogP contribution in [0.5, 0.6) is 11.5 Å². The number of halogens is 1. The van der Waals surface area contributed by atoms with Crippen LogP contribution in [-0.2, 0) is 11.4 Å². The topological polar surface area (TPSA) is 55.8 Å². The van der Waals surface area contributed by atoms with E-state index in [-0.39, 0.29) is 0 Å². The van der Waals surface area contributed by atoms with Crippen LogP contribution in [0.15, 0.2) is 42.5 Å². The lowest BCUT2D eigenvalue weighted by atomic mass is 10.1. The maximum Gasteiger partial charge on any atom is 0.328 e. The Morgan fingerprint density at radius 3 is 2.70 bits per heavy atom. The Kier molecular flexibility index (Phi) is 6.04. The fraction of sp³-hybridized carbons (Fsp3) is 0.167. The molecule has 0 saturated carbocycles. The average Bonchev–Trinajstić information content (AvgIpc) is 2.52. The molecule has 0 saturated heterocycles. The number of benzene rings is 2. The van der Waals surface area contributed by atoms with Gasteiger partial charge >= 0.3 is 5.97 Å². The van der Waals surface area contributed by atoms with Crippen molar-refractivity contribution in [3.8, 4) is 11.5 Å². The van der Waals surface area contributed by atoms with Gasteiger partial charge < -0.3 is 14.6 Å². The van der Waals surface area contributed by atoms with E-state index in [1.54, 1.807) is 13.2 Å². The number of aryl methyl sites for hydroxylation is 1. The molecule has 2 aromatic rings. The number of hydrogen-bond acceptors (Lipinski definition) is 3. The minimum atomic E-state index is -0.987. The number of carbonyl (C=O) groups is 1. The zero-order chi connectivity index (χ0) is 16.8. The first-order valence-electron chi connectivity index (χ1n) is 6.97. The Hall–Kier alpha value is -2.02. The summed E-state index contributed by atoms with van der Waals surface area (Å²) in [4.78, 5) is 10.6. The second-order valence-corrected chi connectivity index (χ2v) is 6.08. The van der Waals surface area contributed by atoms with Gasteiger partial charge in [-0.05, 0) is 64.4 Å². The molecule has 4 nitrogen and oxygen atoms in total. The van der Waals surface area contributed by atoms with Crippen molar-refractivity contribution >= 4 is 34.6 Å². The molecular weight excluding hydrogens is 407 g/mol. The van der Waals surface area contributed by atoms with Crippen molar-refractivity contribution in [2.45, 2.75) is 13.5 Å². The lowest BCUT2D eigenvalue weighted by molar-refractivity contribution is -0.131. The molecule has 5 heteroatoms. The third kappa shape index (κ3) is 4.72. The SMILES string of the molecule is COc1cc(C=CC(=O)O)cc(I)c1OCc1ccccc1C. The monoisotopic (exact) mass is 424 g/mol. The zero-order valence-corrected chi connectivity index (χ0v) is 15.0. The van der Waals surface area contributed by atoms with Crippen molar-refractivity contribution in [3.63, 3.8) is 0 Å². The number of aliphatic carboxylic acids is 1. The van der Waals surface area contributed by atoms with Gasteiger partial charge in [-0.2, -0.15) is 0 Å². The summed E-state index contributed by atoms with van der Waals surface area (Å²) in [5, 5.41) is 8.72. The van der Waals surface area contributed by atoms with Gasteiger partial charge in [-0.3, -0.25) is 0 Å². The zero-order valence-electron chi connectivity index (χ0n) is 12.9. The van der Waals surface area contributed by atoms with Crippen LogP contribution in [0.4, 0.5) is 0 Å². The average molecular weight is 424 g/mol. The molecule has 0 heterocycles. The van der Waals surface area contributed by atoms with Gasteiger partial charge in [0.15, 0.2) is 11.5 Å². The van der Waals surface area contributed by atoms with Gasteiger partial charge in [0, 0.05) is 6.08 Å². The van der Waals surface area contributed by atoms with Crippen LogP contribution in [0.1, 0.15) is 16.7 Å². The predicted molar refractivity (Wildman–Crippen MR) is 97.9 cm³/mol. The van der Waals surface area contributed by atoms with E-state index in [1.807, 2.05) is 37.3 Å². The molecule has 0 radical (unpaired) electrons. The molecule has 23 heavy (non-hydrogen) atoms. The number of methoxy groups -OCH3 is 1. The molecule has 0 aliphatic carbocycles. The quantitative estimate of drug-likeness (QED) is 0.556. The first-order valence-corrected chi connectivity index (χ1v) is 8.05. The number of carboxylic acid groups (broad SMARTS) is 1. The van der Waals surface area contributed by atoms with Crippen LogP contribution in [0.2, 0.25) is 0 Å². The fourth-order valence-electron chi connectivity index (χ4n) is 2.07. The van der Waals surface area contributed by atoms with Crippen LogP contribution in [0.25, 0.3) is 6.08 Å². The van der Waals surface area contributed by atoms with E-state index in [2.05, 4.69) is 22.6 Å².